The van der Waals surface area contributed by atoms with Crippen LogP contribution in [-0.4, -0.2) is 9.97 Å². The summed E-state index contributed by atoms with van der Waals surface area (Å²) < 4.78 is 6.06. The van der Waals surface area contributed by atoms with Gasteiger partial charge in [-0.3, -0.25) is 5.43 Å². The lowest BCUT2D eigenvalue weighted by molar-refractivity contribution is 0.490. The number of nitrogen functional groups attached to an aromatic ring is 1. The number of aromatic nitrogens is 2. The van der Waals surface area contributed by atoms with Crippen molar-refractivity contribution in [1.29, 1.82) is 0 Å². The molecule has 2 aromatic heterocycles. The first-order valence-electron chi connectivity index (χ1n) is 5.00. The van der Waals surface area contributed by atoms with Crippen molar-refractivity contribution in [2.24, 2.45) is 5.84 Å². The van der Waals surface area contributed by atoms with Crippen LogP contribution < -0.4 is 16.6 Å². The molecule has 4 N–H and O–H groups in total. The van der Waals surface area contributed by atoms with Crippen molar-refractivity contribution >= 4 is 27.7 Å². The zero-order valence-electron chi connectivity index (χ0n) is 9.14. The third-order valence-corrected chi connectivity index (χ3v) is 2.78. The monoisotopic (exact) mass is 297 g/mol. The Morgan fingerprint density at radius 2 is 2.35 bits per heavy atom. The molecule has 0 amide bonds. The van der Waals surface area contributed by atoms with Crippen molar-refractivity contribution in [1.82, 2.24) is 9.97 Å². The maximum atomic E-state index is 5.30. The van der Waals surface area contributed by atoms with Crippen LogP contribution in [0.1, 0.15) is 18.7 Å². The van der Waals surface area contributed by atoms with Gasteiger partial charge in [-0.25, -0.2) is 10.8 Å². The van der Waals surface area contributed by atoms with Crippen LogP contribution in [0.3, 0.4) is 0 Å². The summed E-state index contributed by atoms with van der Waals surface area (Å²) in [5, 5.41) is 3.20. The molecule has 0 aliphatic heterocycles. The van der Waals surface area contributed by atoms with Gasteiger partial charge in [0.1, 0.15) is 11.6 Å². The summed E-state index contributed by atoms with van der Waals surface area (Å²) in [6, 6.07) is 3.74. The molecule has 0 saturated heterocycles. The Hall–Kier alpha value is -1.60. The van der Waals surface area contributed by atoms with Gasteiger partial charge in [0, 0.05) is 6.20 Å². The van der Waals surface area contributed by atoms with Gasteiger partial charge in [-0.05, 0) is 35.0 Å². The second kappa shape index (κ2) is 5.15. The normalized spacial score (nSPS) is 12.2. The number of nitrogens with zero attached hydrogens (tertiary/aromatic N) is 2. The van der Waals surface area contributed by atoms with Crippen LogP contribution in [0.5, 0.6) is 0 Å². The molecule has 0 spiro atoms. The van der Waals surface area contributed by atoms with Crippen LogP contribution in [0, 0.1) is 0 Å². The maximum Gasteiger partial charge on any atom is 0.239 e. The summed E-state index contributed by atoms with van der Waals surface area (Å²) in [6.45, 7) is 1.98. The average Bonchev–Trinajstić information content (AvgIpc) is 2.85. The van der Waals surface area contributed by atoms with Crippen LogP contribution >= 0.6 is 15.9 Å². The largest absolute Gasteiger partial charge is 0.467 e. The van der Waals surface area contributed by atoms with Crippen LogP contribution in [0.25, 0.3) is 0 Å². The summed E-state index contributed by atoms with van der Waals surface area (Å²) in [4.78, 5) is 8.16. The zero-order valence-corrected chi connectivity index (χ0v) is 10.7. The predicted octanol–water partition coefficient (Wildman–Crippen LogP) is 2.29. The Bertz CT molecular complexity index is 487. The second-order valence-electron chi connectivity index (χ2n) is 3.42. The molecule has 0 aliphatic carbocycles. The number of anilines is 2. The minimum Gasteiger partial charge on any atom is -0.467 e. The van der Waals surface area contributed by atoms with E-state index in [0.29, 0.717) is 11.8 Å². The van der Waals surface area contributed by atoms with E-state index in [0.717, 1.165) is 10.2 Å². The number of hydrogen-bond donors (Lipinski definition) is 3. The van der Waals surface area contributed by atoms with Gasteiger partial charge in [0.05, 0.1) is 16.8 Å². The van der Waals surface area contributed by atoms with Gasteiger partial charge >= 0.3 is 0 Å². The summed E-state index contributed by atoms with van der Waals surface area (Å²) in [6.07, 6.45) is 3.26. The predicted molar refractivity (Wildman–Crippen MR) is 68.3 cm³/mol. The number of halogens is 1. The molecule has 2 aromatic rings. The van der Waals surface area contributed by atoms with Crippen molar-refractivity contribution in [3.05, 3.63) is 34.8 Å². The van der Waals surface area contributed by atoms with E-state index in [1.807, 2.05) is 19.1 Å². The van der Waals surface area contributed by atoms with E-state index in [4.69, 9.17) is 10.3 Å². The Labute approximate surface area is 107 Å². The molecule has 7 heteroatoms. The molecule has 2 rings (SSSR count). The Morgan fingerprint density at radius 1 is 1.53 bits per heavy atom. The molecule has 0 bridgehead atoms. The maximum absolute atomic E-state index is 5.30. The molecule has 6 nitrogen and oxygen atoms in total. The molecule has 0 aliphatic rings. The lowest BCUT2D eigenvalue weighted by Gasteiger charge is -2.13. The summed E-state index contributed by atoms with van der Waals surface area (Å²) in [5.74, 6) is 7.09. The second-order valence-corrected chi connectivity index (χ2v) is 4.27. The molecule has 1 unspecified atom stereocenters. The van der Waals surface area contributed by atoms with Crippen LogP contribution in [0.2, 0.25) is 0 Å². The standard InChI is InChI=1S/C10H12BrN5O/c1-6(8-3-2-4-17-8)14-9-7(11)5-13-10(15-9)16-12/h2-6H,12H2,1H3,(H2,13,14,15,16). The fourth-order valence-corrected chi connectivity index (χ4v) is 1.66. The van der Waals surface area contributed by atoms with Gasteiger partial charge < -0.3 is 9.73 Å². The van der Waals surface area contributed by atoms with Gasteiger partial charge in [-0.15, -0.1) is 0 Å². The third kappa shape index (κ3) is 2.75. The van der Waals surface area contributed by atoms with Crippen molar-refractivity contribution < 1.29 is 4.42 Å². The molecule has 1 atom stereocenters. The number of hydrazine groups is 1. The minimum atomic E-state index is 0.00169. The third-order valence-electron chi connectivity index (χ3n) is 2.20. The van der Waals surface area contributed by atoms with Crippen LogP contribution in [-0.2, 0) is 0 Å². The Balaban J connectivity index is 2.18. The van der Waals surface area contributed by atoms with E-state index < -0.39 is 0 Å². The highest BCUT2D eigenvalue weighted by Crippen LogP contribution is 2.24. The zero-order chi connectivity index (χ0) is 12.3. The first-order chi connectivity index (χ1) is 8.20. The highest BCUT2D eigenvalue weighted by molar-refractivity contribution is 9.10. The smallest absolute Gasteiger partial charge is 0.239 e. The quantitative estimate of drug-likeness (QED) is 0.593. The van der Waals surface area contributed by atoms with Crippen LogP contribution in [0.15, 0.2) is 33.5 Å². The molecule has 0 saturated carbocycles. The topological polar surface area (TPSA) is 89.0 Å². The van der Waals surface area contributed by atoms with Gasteiger partial charge in [0.25, 0.3) is 0 Å². The number of furan rings is 1. The number of rotatable bonds is 4. The van der Waals surface area contributed by atoms with Crippen molar-refractivity contribution in [2.75, 3.05) is 10.7 Å². The minimum absolute atomic E-state index is 0.00169. The fourth-order valence-electron chi connectivity index (χ4n) is 1.35. The molecule has 17 heavy (non-hydrogen) atoms. The van der Waals surface area contributed by atoms with Gasteiger partial charge in [0.15, 0.2) is 0 Å². The lowest BCUT2D eigenvalue weighted by atomic mass is 10.2. The molecule has 2 heterocycles. The molecule has 0 fully saturated rings. The molecular formula is C10H12BrN5O. The fraction of sp³-hybridized carbons (Fsp3) is 0.200. The van der Waals surface area contributed by atoms with E-state index >= 15 is 0 Å². The number of nitrogens with two attached hydrogens (primary N) is 1. The average molecular weight is 298 g/mol. The summed E-state index contributed by atoms with van der Waals surface area (Å²) in [7, 11) is 0. The highest BCUT2D eigenvalue weighted by atomic mass is 79.9. The molecule has 0 aromatic carbocycles. The summed E-state index contributed by atoms with van der Waals surface area (Å²) >= 11 is 3.36. The van der Waals surface area contributed by atoms with Gasteiger partial charge in [-0.1, -0.05) is 0 Å². The first kappa shape index (κ1) is 11.9. The molecular weight excluding hydrogens is 286 g/mol. The van der Waals surface area contributed by atoms with Gasteiger partial charge in [-0.2, -0.15) is 4.98 Å². The van der Waals surface area contributed by atoms with E-state index in [1.165, 1.54) is 0 Å². The van der Waals surface area contributed by atoms with Crippen molar-refractivity contribution in [3.8, 4) is 0 Å². The van der Waals surface area contributed by atoms with E-state index in [9.17, 15) is 0 Å². The van der Waals surface area contributed by atoms with Gasteiger partial charge in [0.2, 0.25) is 5.95 Å². The first-order valence-corrected chi connectivity index (χ1v) is 5.79. The summed E-state index contributed by atoms with van der Waals surface area (Å²) in [5.41, 5.74) is 2.40. The number of hydrogen-bond acceptors (Lipinski definition) is 6. The highest BCUT2D eigenvalue weighted by Gasteiger charge is 2.11. The van der Waals surface area contributed by atoms with E-state index in [-0.39, 0.29) is 6.04 Å². The van der Waals surface area contributed by atoms with E-state index in [1.54, 1.807) is 12.5 Å². The Kier molecular flexibility index (Phi) is 3.60. The van der Waals surface area contributed by atoms with Crippen LogP contribution in [0.4, 0.5) is 11.8 Å². The van der Waals surface area contributed by atoms with E-state index in [2.05, 4.69) is 36.6 Å². The molecule has 90 valence electrons. The number of nitrogens with one attached hydrogen (secondary N) is 2. The van der Waals surface area contributed by atoms with Crippen molar-refractivity contribution in [2.45, 2.75) is 13.0 Å². The molecule has 0 radical (unpaired) electrons. The lowest BCUT2D eigenvalue weighted by Crippen LogP contribution is -2.13. The Morgan fingerprint density at radius 3 is 3.00 bits per heavy atom. The SMILES string of the molecule is CC(Nc1nc(NN)ncc1Br)c1ccco1. The van der Waals surface area contributed by atoms with Crippen molar-refractivity contribution in [3.63, 3.8) is 0 Å².